The minimum absolute atomic E-state index is 0.0859. The Labute approximate surface area is 585 Å². The van der Waals surface area contributed by atoms with Crippen LogP contribution in [0.2, 0.25) is 0 Å². The molecule has 0 aliphatic rings. The molecule has 17 nitrogen and oxygen atoms in total. The van der Waals surface area contributed by atoms with E-state index in [1.54, 1.807) is 0 Å². The van der Waals surface area contributed by atoms with Crippen molar-refractivity contribution in [2.75, 3.05) is 39.6 Å². The predicted molar refractivity (Wildman–Crippen MR) is 391 cm³/mol. The Hall–Kier alpha value is -2.72. The maximum atomic E-state index is 13.1. The molecule has 0 spiro atoms. The highest BCUT2D eigenvalue weighted by molar-refractivity contribution is 7.47. The zero-order chi connectivity index (χ0) is 70.4. The average Bonchev–Trinajstić information content (AvgIpc) is 1.15. The third kappa shape index (κ3) is 69.7. The number of rotatable bonds is 75. The molecule has 0 amide bonds. The van der Waals surface area contributed by atoms with Gasteiger partial charge in [-0.1, -0.05) is 308 Å². The van der Waals surface area contributed by atoms with E-state index in [1.165, 1.54) is 161 Å². The molecule has 0 aromatic carbocycles. The van der Waals surface area contributed by atoms with E-state index in [9.17, 15) is 43.2 Å². The van der Waals surface area contributed by atoms with Crippen molar-refractivity contribution in [2.45, 2.75) is 393 Å². The van der Waals surface area contributed by atoms with Gasteiger partial charge in [0.05, 0.1) is 26.4 Å². The second-order valence-electron chi connectivity index (χ2n) is 26.7. The molecule has 5 unspecified atom stereocenters. The van der Waals surface area contributed by atoms with Crippen LogP contribution in [-0.4, -0.2) is 96.7 Å². The topological polar surface area (TPSA) is 237 Å². The van der Waals surface area contributed by atoms with Crippen LogP contribution in [0.3, 0.4) is 0 Å². The lowest BCUT2D eigenvalue weighted by atomic mass is 10.0. The highest BCUT2D eigenvalue weighted by Gasteiger charge is 2.30. The summed E-state index contributed by atoms with van der Waals surface area (Å²) in [5.74, 6) is -2.16. The first-order chi connectivity index (χ1) is 46.7. The summed E-state index contributed by atoms with van der Waals surface area (Å²) >= 11 is 0. The van der Waals surface area contributed by atoms with Crippen LogP contribution in [0.5, 0.6) is 0 Å². The van der Waals surface area contributed by atoms with Crippen LogP contribution in [0.15, 0.2) is 36.5 Å². The highest BCUT2D eigenvalue weighted by Crippen LogP contribution is 2.45. The fourth-order valence-electron chi connectivity index (χ4n) is 11.1. The maximum Gasteiger partial charge on any atom is 0.472 e. The molecule has 0 aromatic rings. The highest BCUT2D eigenvalue weighted by atomic mass is 31.2. The summed E-state index contributed by atoms with van der Waals surface area (Å²) in [7, 11) is -9.93. The molecule has 0 fully saturated rings. The number of aliphatic hydroxyl groups is 1. The van der Waals surface area contributed by atoms with Gasteiger partial charge in [0.1, 0.15) is 19.3 Å². The number of aliphatic hydroxyl groups excluding tert-OH is 1. The molecule has 0 aliphatic carbocycles. The number of ether oxygens (including phenoxy) is 4. The lowest BCUT2D eigenvalue weighted by Crippen LogP contribution is -2.30. The molecule has 0 rings (SSSR count). The SMILES string of the molecule is CCC/C=C\C/C=C\CCCCCCCC(=O)OC(COC(=O)CCCCCCCCCCCCCCCCC)COP(=O)(O)OCC(O)COP(=O)(O)OCC(COC(=O)CCCCCCC/C=C\CCCCCCCC)OC(=O)CCCCCCCCCCCCCCC. The zero-order valence-electron chi connectivity index (χ0n) is 61.6. The Bertz CT molecular complexity index is 1970. The number of allylic oxidation sites excluding steroid dienone is 6. The Balaban J connectivity index is 5.29. The van der Waals surface area contributed by atoms with Gasteiger partial charge < -0.3 is 33.8 Å². The molecule has 564 valence electrons. The van der Waals surface area contributed by atoms with Gasteiger partial charge in [0.15, 0.2) is 12.2 Å². The van der Waals surface area contributed by atoms with Crippen LogP contribution in [-0.2, 0) is 65.4 Å². The van der Waals surface area contributed by atoms with Crippen molar-refractivity contribution in [3.8, 4) is 0 Å². The van der Waals surface area contributed by atoms with Crippen molar-refractivity contribution in [1.29, 1.82) is 0 Å². The summed E-state index contributed by atoms with van der Waals surface area (Å²) in [5.41, 5.74) is 0. The Kier molecular flexibility index (Phi) is 68.7. The molecule has 3 N–H and O–H groups in total. The van der Waals surface area contributed by atoms with Crippen LogP contribution in [0.25, 0.3) is 0 Å². The first kappa shape index (κ1) is 93.3. The normalized spacial score (nSPS) is 14.1. The zero-order valence-corrected chi connectivity index (χ0v) is 63.4. The molecule has 0 aliphatic heterocycles. The minimum atomic E-state index is -4.97. The van der Waals surface area contributed by atoms with Crippen LogP contribution in [0.4, 0.5) is 0 Å². The van der Waals surface area contributed by atoms with Crippen LogP contribution in [0.1, 0.15) is 374 Å². The van der Waals surface area contributed by atoms with E-state index in [0.29, 0.717) is 25.7 Å². The minimum Gasteiger partial charge on any atom is -0.462 e. The predicted octanol–water partition coefficient (Wildman–Crippen LogP) is 22.3. The fraction of sp³-hybridized carbons (Fsp3) is 0.870. The van der Waals surface area contributed by atoms with Gasteiger partial charge in [-0.05, 0) is 77.0 Å². The molecule has 0 aromatic heterocycles. The van der Waals surface area contributed by atoms with Gasteiger partial charge in [0.25, 0.3) is 0 Å². The summed E-state index contributed by atoms with van der Waals surface area (Å²) in [6.07, 6.45) is 65.5. The number of phosphoric ester groups is 2. The lowest BCUT2D eigenvalue weighted by molar-refractivity contribution is -0.161. The van der Waals surface area contributed by atoms with E-state index in [4.69, 9.17) is 37.0 Å². The van der Waals surface area contributed by atoms with Gasteiger partial charge in [0.2, 0.25) is 0 Å². The van der Waals surface area contributed by atoms with Gasteiger partial charge in [-0.15, -0.1) is 0 Å². The van der Waals surface area contributed by atoms with Crippen molar-refractivity contribution >= 4 is 39.5 Å². The summed E-state index contributed by atoms with van der Waals surface area (Å²) in [5, 5.41) is 10.6. The smallest absolute Gasteiger partial charge is 0.462 e. The van der Waals surface area contributed by atoms with Gasteiger partial charge in [-0.25, -0.2) is 9.13 Å². The van der Waals surface area contributed by atoms with Gasteiger partial charge in [-0.3, -0.25) is 37.3 Å². The Morgan fingerprint density at radius 3 is 0.823 bits per heavy atom. The van der Waals surface area contributed by atoms with Crippen molar-refractivity contribution in [3.05, 3.63) is 36.5 Å². The Morgan fingerprint density at radius 2 is 0.531 bits per heavy atom. The standard InChI is InChI=1S/C77H144O17P2/c1-5-9-13-17-21-25-29-33-35-39-41-45-49-53-57-61-74(79)87-67-72(93-76(81)63-59-55-51-47-43-37-31-27-23-19-15-11-7-3)69-91-95(83,84)89-65-71(78)66-90-96(85,86)92-70-73(94-77(82)64-60-56-52-48-44-38-32-28-24-20-16-12-8-4)68-88-75(80)62-58-54-50-46-42-40-36-34-30-26-22-18-14-10-6-2/h15,19,27,31,34,36,71-73,78H,5-14,16-18,20-26,28-30,32-33,35,37-70H2,1-4H3,(H,83,84)(H,85,86)/b19-15-,31-27-,36-34-. The molecule has 0 radical (unpaired) electrons. The van der Waals surface area contributed by atoms with E-state index in [2.05, 4.69) is 64.2 Å². The quantitative estimate of drug-likeness (QED) is 0.0169. The molecule has 19 heteroatoms. The lowest BCUT2D eigenvalue weighted by Gasteiger charge is -2.21. The van der Waals surface area contributed by atoms with Crippen LogP contribution >= 0.6 is 15.6 Å². The van der Waals surface area contributed by atoms with Gasteiger partial charge >= 0.3 is 39.5 Å². The number of hydrogen-bond acceptors (Lipinski definition) is 15. The first-order valence-corrected chi connectivity index (χ1v) is 42.2. The molecule has 5 atom stereocenters. The van der Waals surface area contributed by atoms with E-state index < -0.39 is 97.5 Å². The number of carbonyl (C=O) groups is 4. The van der Waals surface area contributed by atoms with Crippen molar-refractivity contribution in [3.63, 3.8) is 0 Å². The van der Waals surface area contributed by atoms with Crippen molar-refractivity contribution in [2.24, 2.45) is 0 Å². The van der Waals surface area contributed by atoms with Crippen LogP contribution in [0, 0.1) is 0 Å². The monoisotopic (exact) mass is 1400 g/mol. The molecular formula is C77H144O17P2. The van der Waals surface area contributed by atoms with E-state index in [-0.39, 0.29) is 25.7 Å². The largest absolute Gasteiger partial charge is 0.472 e. The third-order valence-corrected chi connectivity index (χ3v) is 19.0. The molecule has 0 bridgehead atoms. The molecule has 0 saturated heterocycles. The molecule has 96 heavy (non-hydrogen) atoms. The number of esters is 4. The summed E-state index contributed by atoms with van der Waals surface area (Å²) < 4.78 is 68.5. The van der Waals surface area contributed by atoms with E-state index in [0.717, 1.165) is 135 Å². The number of phosphoric acid groups is 2. The Morgan fingerprint density at radius 1 is 0.292 bits per heavy atom. The molecular weight excluding hydrogens is 1260 g/mol. The summed E-state index contributed by atoms with van der Waals surface area (Å²) in [6.45, 7) is 4.86. The van der Waals surface area contributed by atoms with Crippen molar-refractivity contribution in [1.82, 2.24) is 0 Å². The molecule has 0 heterocycles. The first-order valence-electron chi connectivity index (χ1n) is 39.2. The van der Waals surface area contributed by atoms with Crippen LogP contribution < -0.4 is 0 Å². The second kappa shape index (κ2) is 70.7. The second-order valence-corrected chi connectivity index (χ2v) is 29.6. The van der Waals surface area contributed by atoms with Gasteiger partial charge in [-0.2, -0.15) is 0 Å². The maximum absolute atomic E-state index is 13.1. The average molecular weight is 1400 g/mol. The third-order valence-electron chi connectivity index (χ3n) is 17.1. The number of carbonyl (C=O) groups excluding carboxylic acids is 4. The number of hydrogen-bond donors (Lipinski definition) is 3. The molecule has 0 saturated carbocycles. The van der Waals surface area contributed by atoms with E-state index in [1.807, 2.05) is 0 Å². The van der Waals surface area contributed by atoms with Crippen molar-refractivity contribution < 1.29 is 80.2 Å². The van der Waals surface area contributed by atoms with E-state index >= 15 is 0 Å². The summed E-state index contributed by atoms with van der Waals surface area (Å²) in [6, 6.07) is 0. The van der Waals surface area contributed by atoms with Gasteiger partial charge in [0, 0.05) is 25.7 Å². The summed E-state index contributed by atoms with van der Waals surface area (Å²) in [4.78, 5) is 72.8. The fourth-order valence-corrected chi connectivity index (χ4v) is 12.7. The number of unbranched alkanes of at least 4 members (excludes halogenated alkanes) is 43.